The fourth-order valence-electron chi connectivity index (χ4n) is 3.71. The summed E-state index contributed by atoms with van der Waals surface area (Å²) in [7, 11) is 0. The highest BCUT2D eigenvalue weighted by Crippen LogP contribution is 2.22. The largest absolute Gasteiger partial charge is 0.352 e. The average Bonchev–Trinajstić information content (AvgIpc) is 3.22. The van der Waals surface area contributed by atoms with E-state index >= 15 is 0 Å². The molecule has 29 heavy (non-hydrogen) atoms. The molecule has 154 valence electrons. The lowest BCUT2D eigenvalue weighted by atomic mass is 10.1. The normalized spacial score (nSPS) is 15.1. The van der Waals surface area contributed by atoms with Crippen molar-refractivity contribution in [3.63, 3.8) is 0 Å². The molecule has 0 unspecified atom stereocenters. The molecule has 2 aromatic rings. The van der Waals surface area contributed by atoms with Gasteiger partial charge in [0.05, 0.1) is 6.42 Å². The molecule has 1 aliphatic rings. The van der Waals surface area contributed by atoms with E-state index in [0.717, 1.165) is 31.2 Å². The zero-order chi connectivity index (χ0) is 20.8. The number of nitrogens with one attached hydrogen (secondary N) is 1. The molecule has 0 radical (unpaired) electrons. The van der Waals surface area contributed by atoms with Crippen LogP contribution in [0, 0.1) is 5.82 Å². The van der Waals surface area contributed by atoms with Gasteiger partial charge < -0.3 is 10.2 Å². The Bertz CT molecular complexity index is 833. The van der Waals surface area contributed by atoms with Crippen LogP contribution in [0.2, 0.25) is 5.02 Å². The van der Waals surface area contributed by atoms with Gasteiger partial charge in [0, 0.05) is 23.2 Å². The molecule has 1 aliphatic carbocycles. The fraction of sp³-hybridized carbons (Fsp3) is 0.391. The number of amides is 2. The van der Waals surface area contributed by atoms with Crippen LogP contribution in [0.1, 0.15) is 43.7 Å². The van der Waals surface area contributed by atoms with Crippen LogP contribution >= 0.6 is 11.6 Å². The summed E-state index contributed by atoms with van der Waals surface area (Å²) in [6, 6.07) is 13.3. The Kier molecular flexibility index (Phi) is 7.26. The number of hydrogen-bond acceptors (Lipinski definition) is 2. The molecular weight excluding hydrogens is 391 g/mol. The first-order valence-corrected chi connectivity index (χ1v) is 10.4. The van der Waals surface area contributed by atoms with Crippen LogP contribution in [0.5, 0.6) is 0 Å². The zero-order valence-corrected chi connectivity index (χ0v) is 17.3. The minimum Gasteiger partial charge on any atom is -0.352 e. The van der Waals surface area contributed by atoms with Gasteiger partial charge in [0.15, 0.2) is 0 Å². The smallest absolute Gasteiger partial charge is 0.242 e. The fourth-order valence-corrected chi connectivity index (χ4v) is 3.94. The Balaban J connectivity index is 1.79. The van der Waals surface area contributed by atoms with Gasteiger partial charge >= 0.3 is 0 Å². The summed E-state index contributed by atoms with van der Waals surface area (Å²) >= 11 is 6.10. The monoisotopic (exact) mass is 416 g/mol. The van der Waals surface area contributed by atoms with Crippen molar-refractivity contribution < 1.29 is 14.0 Å². The van der Waals surface area contributed by atoms with Crippen LogP contribution in [0.3, 0.4) is 0 Å². The van der Waals surface area contributed by atoms with Crippen molar-refractivity contribution in [2.24, 2.45) is 0 Å². The predicted octanol–water partition coefficient (Wildman–Crippen LogP) is 4.50. The third-order valence-electron chi connectivity index (χ3n) is 5.45. The van der Waals surface area contributed by atoms with Crippen LogP contribution in [0.25, 0.3) is 0 Å². The van der Waals surface area contributed by atoms with Crippen molar-refractivity contribution in [1.29, 1.82) is 0 Å². The molecule has 0 aromatic heterocycles. The summed E-state index contributed by atoms with van der Waals surface area (Å²) in [4.78, 5) is 27.4. The minimum absolute atomic E-state index is 0.153. The molecular formula is C23H26ClFN2O2. The minimum atomic E-state index is -0.672. The average molecular weight is 417 g/mol. The summed E-state index contributed by atoms with van der Waals surface area (Å²) < 4.78 is 14.2. The van der Waals surface area contributed by atoms with Gasteiger partial charge in [0.25, 0.3) is 0 Å². The summed E-state index contributed by atoms with van der Waals surface area (Å²) in [5, 5.41) is 3.26. The molecule has 2 aromatic carbocycles. The van der Waals surface area contributed by atoms with Crippen LogP contribution in [-0.4, -0.2) is 28.8 Å². The van der Waals surface area contributed by atoms with E-state index in [0.29, 0.717) is 0 Å². The molecule has 1 N–H and O–H groups in total. The van der Waals surface area contributed by atoms with E-state index in [4.69, 9.17) is 11.6 Å². The highest BCUT2D eigenvalue weighted by atomic mass is 35.5. The van der Waals surface area contributed by atoms with E-state index in [-0.39, 0.29) is 41.4 Å². The van der Waals surface area contributed by atoms with E-state index < -0.39 is 11.9 Å². The topological polar surface area (TPSA) is 49.4 Å². The second-order valence-electron chi connectivity index (χ2n) is 7.55. The number of benzene rings is 2. The second-order valence-corrected chi connectivity index (χ2v) is 7.96. The summed E-state index contributed by atoms with van der Waals surface area (Å²) in [6.45, 7) is 1.99. The summed E-state index contributed by atoms with van der Waals surface area (Å²) in [5.41, 5.74) is 1.06. The van der Waals surface area contributed by atoms with Crippen molar-refractivity contribution in [3.05, 3.63) is 70.5 Å². The highest BCUT2D eigenvalue weighted by molar-refractivity contribution is 6.31. The highest BCUT2D eigenvalue weighted by Gasteiger charge is 2.29. The Labute approximate surface area is 176 Å². The van der Waals surface area contributed by atoms with Gasteiger partial charge in [0.2, 0.25) is 11.8 Å². The van der Waals surface area contributed by atoms with E-state index in [1.54, 1.807) is 13.0 Å². The van der Waals surface area contributed by atoms with E-state index in [9.17, 15) is 14.0 Å². The number of nitrogens with zero attached hydrogens (tertiary/aromatic N) is 1. The molecule has 6 heteroatoms. The molecule has 4 nitrogen and oxygen atoms in total. The number of carbonyl (C=O) groups is 2. The first-order chi connectivity index (χ1) is 14.0. The number of halogens is 2. The number of rotatable bonds is 7. The van der Waals surface area contributed by atoms with Crippen molar-refractivity contribution in [2.45, 2.75) is 57.7 Å². The lowest BCUT2D eigenvalue weighted by Crippen LogP contribution is -2.50. The maximum absolute atomic E-state index is 14.2. The van der Waals surface area contributed by atoms with Crippen molar-refractivity contribution in [1.82, 2.24) is 10.2 Å². The molecule has 0 bridgehead atoms. The first kappa shape index (κ1) is 21.3. The standard InChI is InChI=1S/C23H26ClFN2O2/c1-16(23(29)26-18-10-5-6-11-18)27(15-17-8-3-2-4-9-17)22(28)14-19-20(24)12-7-13-21(19)25/h2-4,7-9,12-13,16,18H,5-6,10-11,14-15H2,1H3,(H,26,29)/t16-/m1/s1. The Morgan fingerprint density at radius 3 is 2.48 bits per heavy atom. The van der Waals surface area contributed by atoms with Crippen LogP contribution in [0.15, 0.2) is 48.5 Å². The van der Waals surface area contributed by atoms with Gasteiger partial charge in [0.1, 0.15) is 11.9 Å². The van der Waals surface area contributed by atoms with E-state index in [2.05, 4.69) is 5.32 Å². The number of hydrogen-bond donors (Lipinski definition) is 1. The first-order valence-electron chi connectivity index (χ1n) is 10.0. The maximum atomic E-state index is 14.2. The van der Waals surface area contributed by atoms with Crippen LogP contribution in [0.4, 0.5) is 4.39 Å². The summed E-state index contributed by atoms with van der Waals surface area (Å²) in [5.74, 6) is -1.04. The van der Waals surface area contributed by atoms with E-state index in [1.807, 2.05) is 30.3 Å². The third kappa shape index (κ3) is 5.57. The van der Waals surface area contributed by atoms with Gasteiger partial charge in [-0.2, -0.15) is 0 Å². The molecule has 2 amide bonds. The van der Waals surface area contributed by atoms with E-state index in [1.165, 1.54) is 17.0 Å². The molecule has 0 aliphatic heterocycles. The van der Waals surface area contributed by atoms with Gasteiger partial charge in [-0.05, 0) is 37.5 Å². The SMILES string of the molecule is C[C@H](C(=O)NC1CCCC1)N(Cc1ccccc1)C(=O)Cc1c(F)cccc1Cl. The lowest BCUT2D eigenvalue weighted by molar-refractivity contribution is -0.140. The van der Waals surface area contributed by atoms with Crippen LogP contribution in [-0.2, 0) is 22.6 Å². The molecule has 1 atom stereocenters. The quantitative estimate of drug-likeness (QED) is 0.722. The van der Waals surface area contributed by atoms with Crippen LogP contribution < -0.4 is 5.32 Å². The Hall–Kier alpha value is -2.40. The molecule has 0 saturated heterocycles. The van der Waals surface area contributed by atoms with Gasteiger partial charge in [-0.25, -0.2) is 4.39 Å². The Morgan fingerprint density at radius 1 is 1.14 bits per heavy atom. The molecule has 0 heterocycles. The van der Waals surface area contributed by atoms with Crippen molar-refractivity contribution >= 4 is 23.4 Å². The van der Waals surface area contributed by atoms with Gasteiger partial charge in [-0.15, -0.1) is 0 Å². The Morgan fingerprint density at radius 2 is 1.83 bits per heavy atom. The third-order valence-corrected chi connectivity index (χ3v) is 5.81. The summed E-state index contributed by atoms with van der Waals surface area (Å²) in [6.07, 6.45) is 3.96. The zero-order valence-electron chi connectivity index (χ0n) is 16.5. The predicted molar refractivity (Wildman–Crippen MR) is 112 cm³/mol. The lowest BCUT2D eigenvalue weighted by Gasteiger charge is -2.30. The molecule has 3 rings (SSSR count). The molecule has 1 saturated carbocycles. The van der Waals surface area contributed by atoms with Crippen molar-refractivity contribution in [3.8, 4) is 0 Å². The molecule has 1 fully saturated rings. The number of carbonyl (C=O) groups excluding carboxylic acids is 2. The van der Waals surface area contributed by atoms with Crippen molar-refractivity contribution in [2.75, 3.05) is 0 Å². The van der Waals surface area contributed by atoms with Gasteiger partial charge in [-0.3, -0.25) is 9.59 Å². The molecule has 0 spiro atoms. The second kappa shape index (κ2) is 9.88. The van der Waals surface area contributed by atoms with Gasteiger partial charge in [-0.1, -0.05) is 60.8 Å². The maximum Gasteiger partial charge on any atom is 0.242 e.